The molecule has 182 valence electrons. The Balaban J connectivity index is 1.83. The molecular formula is C29H32ClN3O2. The first-order valence-electron chi connectivity index (χ1n) is 12.1. The molecule has 3 aromatic rings. The van der Waals surface area contributed by atoms with Gasteiger partial charge in [0.1, 0.15) is 11.5 Å². The average molecular weight is 490 g/mol. The van der Waals surface area contributed by atoms with Crippen LogP contribution in [0.25, 0.3) is 5.69 Å². The second kappa shape index (κ2) is 8.34. The standard InChI is InChI=1S/C29H32ClN3O2/c1-28(2,3)26-25-23(19-9-7-8-10-20(19)30)24-21(15-29(4,5)16-22(24)34)31-27(25)33(32-26)17-11-13-18(35-6)14-12-17/h7-14,23-24H,15-16H2,1-6H3. The number of benzene rings is 2. The van der Waals surface area contributed by atoms with E-state index in [2.05, 4.69) is 34.6 Å². The number of hydrogen-bond acceptors (Lipinski definition) is 4. The lowest BCUT2D eigenvalue weighted by atomic mass is 9.63. The number of nitrogens with zero attached hydrogens (tertiary/aromatic N) is 3. The number of Topliss-reactive ketones (excluding diaryl/α,β-unsaturated/α-hetero) is 1. The zero-order chi connectivity index (χ0) is 25.1. The second-order valence-corrected chi connectivity index (χ2v) is 11.9. The summed E-state index contributed by atoms with van der Waals surface area (Å²) in [4.78, 5) is 18.9. The minimum Gasteiger partial charge on any atom is -0.497 e. The van der Waals surface area contributed by atoms with E-state index >= 15 is 0 Å². The number of aromatic nitrogens is 2. The maximum atomic E-state index is 13.7. The maximum absolute atomic E-state index is 13.7. The zero-order valence-corrected chi connectivity index (χ0v) is 22.0. The van der Waals surface area contributed by atoms with Crippen molar-refractivity contribution < 1.29 is 9.53 Å². The Hall–Kier alpha value is -2.92. The molecule has 1 fully saturated rings. The highest BCUT2D eigenvalue weighted by Gasteiger charge is 2.49. The van der Waals surface area contributed by atoms with Gasteiger partial charge in [-0.05, 0) is 47.7 Å². The molecule has 6 heteroatoms. The largest absolute Gasteiger partial charge is 0.497 e. The summed E-state index contributed by atoms with van der Waals surface area (Å²) in [5.41, 5.74) is 4.34. The minimum atomic E-state index is -0.329. The first-order chi connectivity index (χ1) is 16.5. The van der Waals surface area contributed by atoms with Gasteiger partial charge < -0.3 is 4.74 Å². The summed E-state index contributed by atoms with van der Waals surface area (Å²) in [6, 6.07) is 15.7. The summed E-state index contributed by atoms with van der Waals surface area (Å²) in [6.45, 7) is 10.8. The number of carbonyl (C=O) groups is 1. The van der Waals surface area contributed by atoms with Crippen LogP contribution in [0, 0.1) is 11.3 Å². The van der Waals surface area contributed by atoms with Gasteiger partial charge in [0.15, 0.2) is 5.82 Å². The molecule has 2 aliphatic rings. The second-order valence-electron chi connectivity index (χ2n) is 11.5. The maximum Gasteiger partial charge on any atom is 0.159 e. The molecule has 5 nitrogen and oxygen atoms in total. The Morgan fingerprint density at radius 1 is 1.03 bits per heavy atom. The summed E-state index contributed by atoms with van der Waals surface area (Å²) in [7, 11) is 1.66. The molecule has 0 amide bonds. The normalized spacial score (nSPS) is 21.2. The Morgan fingerprint density at radius 3 is 2.34 bits per heavy atom. The number of carbonyl (C=O) groups excluding carboxylic acids is 1. The highest BCUT2D eigenvalue weighted by Crippen LogP contribution is 2.53. The lowest BCUT2D eigenvalue weighted by Crippen LogP contribution is -2.43. The van der Waals surface area contributed by atoms with Crippen molar-refractivity contribution in [3.8, 4) is 11.4 Å². The van der Waals surface area contributed by atoms with Crippen LogP contribution >= 0.6 is 11.6 Å². The third-order valence-electron chi connectivity index (χ3n) is 7.08. The van der Waals surface area contributed by atoms with E-state index in [0.717, 1.165) is 46.2 Å². The third-order valence-corrected chi connectivity index (χ3v) is 7.42. The van der Waals surface area contributed by atoms with E-state index in [1.54, 1.807) is 7.11 Å². The van der Waals surface area contributed by atoms with Gasteiger partial charge in [0.05, 0.1) is 24.4 Å². The van der Waals surface area contributed by atoms with Gasteiger partial charge in [0.25, 0.3) is 0 Å². The highest BCUT2D eigenvalue weighted by atomic mass is 35.5. The smallest absolute Gasteiger partial charge is 0.159 e. The van der Waals surface area contributed by atoms with Crippen LogP contribution in [0.4, 0.5) is 5.82 Å². The van der Waals surface area contributed by atoms with Gasteiger partial charge >= 0.3 is 0 Å². The van der Waals surface area contributed by atoms with Crippen LogP contribution in [0.5, 0.6) is 5.75 Å². The Labute approximate surface area is 212 Å². The molecule has 0 spiro atoms. The molecule has 2 atom stereocenters. The van der Waals surface area contributed by atoms with Crippen molar-refractivity contribution in [1.29, 1.82) is 0 Å². The van der Waals surface area contributed by atoms with Crippen LogP contribution < -0.4 is 4.74 Å². The quantitative estimate of drug-likeness (QED) is 0.396. The van der Waals surface area contributed by atoms with Crippen LogP contribution in [0.1, 0.15) is 70.2 Å². The van der Waals surface area contributed by atoms with Gasteiger partial charge in [-0.2, -0.15) is 5.10 Å². The summed E-state index contributed by atoms with van der Waals surface area (Å²) >= 11 is 6.79. The summed E-state index contributed by atoms with van der Waals surface area (Å²) in [6.07, 6.45) is 1.30. The highest BCUT2D eigenvalue weighted by molar-refractivity contribution is 6.31. The topological polar surface area (TPSA) is 56.5 Å². The van der Waals surface area contributed by atoms with E-state index < -0.39 is 0 Å². The molecule has 1 aromatic heterocycles. The fourth-order valence-electron chi connectivity index (χ4n) is 5.56. The molecule has 2 aromatic carbocycles. The van der Waals surface area contributed by atoms with Crippen molar-refractivity contribution in [1.82, 2.24) is 9.78 Å². The van der Waals surface area contributed by atoms with Crippen molar-refractivity contribution >= 4 is 28.9 Å². The van der Waals surface area contributed by atoms with Gasteiger partial charge in [0.2, 0.25) is 0 Å². The monoisotopic (exact) mass is 489 g/mol. The van der Waals surface area contributed by atoms with Crippen molar-refractivity contribution in [3.05, 3.63) is 70.4 Å². The molecule has 0 bridgehead atoms. The van der Waals surface area contributed by atoms with Crippen LogP contribution in [0.2, 0.25) is 5.02 Å². The van der Waals surface area contributed by atoms with Gasteiger partial charge in [-0.15, -0.1) is 0 Å². The molecule has 2 unspecified atom stereocenters. The number of rotatable bonds is 3. The third kappa shape index (κ3) is 4.10. The molecule has 35 heavy (non-hydrogen) atoms. The fourth-order valence-corrected chi connectivity index (χ4v) is 5.81. The van der Waals surface area contributed by atoms with Gasteiger partial charge in [0, 0.05) is 34.1 Å². The summed E-state index contributed by atoms with van der Waals surface area (Å²) in [5.74, 6) is 1.25. The lowest BCUT2D eigenvalue weighted by Gasteiger charge is -2.41. The number of ketones is 1. The van der Waals surface area contributed by atoms with Crippen LogP contribution in [-0.2, 0) is 10.2 Å². The number of hydrogen-bond donors (Lipinski definition) is 0. The first kappa shape index (κ1) is 23.8. The molecule has 1 aliphatic heterocycles. The molecule has 5 rings (SSSR count). The molecule has 0 N–H and O–H groups in total. The Morgan fingerprint density at radius 2 is 1.71 bits per heavy atom. The van der Waals surface area contributed by atoms with E-state index in [0.29, 0.717) is 11.4 Å². The van der Waals surface area contributed by atoms with Crippen molar-refractivity contribution in [3.63, 3.8) is 0 Å². The minimum absolute atomic E-state index is 0.132. The van der Waals surface area contributed by atoms with Crippen molar-refractivity contribution in [2.75, 3.05) is 7.11 Å². The van der Waals surface area contributed by atoms with E-state index in [1.807, 2.05) is 53.2 Å². The Bertz CT molecular complexity index is 1330. The number of fused-ring (bicyclic) bond motifs is 2. The van der Waals surface area contributed by atoms with Gasteiger partial charge in [-0.25, -0.2) is 9.67 Å². The summed E-state index contributed by atoms with van der Waals surface area (Å²) in [5, 5.41) is 5.79. The van der Waals surface area contributed by atoms with E-state index in [1.165, 1.54) is 0 Å². The average Bonchev–Trinajstić information content (AvgIpc) is 3.17. The first-order valence-corrected chi connectivity index (χ1v) is 12.5. The molecule has 1 saturated carbocycles. The van der Waals surface area contributed by atoms with Crippen LogP contribution in [0.3, 0.4) is 0 Å². The number of methoxy groups -OCH3 is 1. The van der Waals surface area contributed by atoms with Gasteiger partial charge in [-0.3, -0.25) is 4.79 Å². The predicted octanol–water partition coefficient (Wildman–Crippen LogP) is 7.06. The number of ether oxygens (including phenoxy) is 1. The predicted molar refractivity (Wildman–Crippen MR) is 141 cm³/mol. The summed E-state index contributed by atoms with van der Waals surface area (Å²) < 4.78 is 7.29. The Kier molecular flexibility index (Phi) is 5.67. The van der Waals surface area contributed by atoms with Crippen LogP contribution in [0.15, 0.2) is 53.5 Å². The lowest BCUT2D eigenvalue weighted by molar-refractivity contribution is -0.124. The van der Waals surface area contributed by atoms with Gasteiger partial charge in [-0.1, -0.05) is 64.4 Å². The molecule has 0 saturated heterocycles. The van der Waals surface area contributed by atoms with E-state index in [4.69, 9.17) is 26.4 Å². The molecular weight excluding hydrogens is 458 g/mol. The van der Waals surface area contributed by atoms with Crippen molar-refractivity contribution in [2.45, 2.75) is 58.8 Å². The SMILES string of the molecule is COc1ccc(-n2nc(C(C)(C)C)c3c2N=C2CC(C)(C)CC(=O)C2C3c2ccccc2Cl)cc1. The van der Waals surface area contributed by atoms with Crippen LogP contribution in [-0.4, -0.2) is 28.4 Å². The van der Waals surface area contributed by atoms with E-state index in [9.17, 15) is 4.79 Å². The van der Waals surface area contributed by atoms with Crippen molar-refractivity contribution in [2.24, 2.45) is 16.3 Å². The molecule has 0 radical (unpaired) electrons. The molecule has 1 aliphatic carbocycles. The number of aliphatic imine (C=N–C) groups is 1. The number of halogens is 1. The zero-order valence-electron chi connectivity index (χ0n) is 21.2. The molecule has 2 heterocycles. The fraction of sp³-hybridized carbons (Fsp3) is 0.414. The van der Waals surface area contributed by atoms with E-state index in [-0.39, 0.29) is 28.4 Å².